The highest BCUT2D eigenvalue weighted by molar-refractivity contribution is 7.84. The third kappa shape index (κ3) is 7.08. The first-order valence-corrected chi connectivity index (χ1v) is 6.77. The van der Waals surface area contributed by atoms with Crippen molar-refractivity contribution in [3.05, 3.63) is 0 Å². The van der Waals surface area contributed by atoms with E-state index in [2.05, 4.69) is 13.0 Å². The van der Waals surface area contributed by atoms with Crippen molar-refractivity contribution in [3.63, 3.8) is 0 Å². The summed E-state index contributed by atoms with van der Waals surface area (Å²) >= 11 is 0. The van der Waals surface area contributed by atoms with Gasteiger partial charge in [-0.2, -0.15) is 5.26 Å². The minimum atomic E-state index is -0.666. The summed E-state index contributed by atoms with van der Waals surface area (Å²) in [5, 5.41) is 8.77. The van der Waals surface area contributed by atoms with Gasteiger partial charge in [0.25, 0.3) is 0 Å². The molecule has 0 aromatic heterocycles. The highest BCUT2D eigenvalue weighted by Crippen LogP contribution is 2.20. The molecule has 0 aromatic carbocycles. The molecule has 0 aliphatic heterocycles. The van der Waals surface area contributed by atoms with Gasteiger partial charge in [-0.15, -0.1) is 0 Å². The summed E-state index contributed by atoms with van der Waals surface area (Å²) in [6, 6.07) is 2.26. The van der Waals surface area contributed by atoms with Crippen LogP contribution in [-0.2, 0) is 10.8 Å². The third-order valence-corrected chi connectivity index (χ3v) is 3.69. The summed E-state index contributed by atoms with van der Waals surface area (Å²) in [5.41, 5.74) is -0.255. The van der Waals surface area contributed by atoms with Gasteiger partial charge in [-0.3, -0.25) is 4.21 Å². The van der Waals surface area contributed by atoms with Gasteiger partial charge in [0.2, 0.25) is 0 Å². The largest absolute Gasteiger partial charge is 0.260 e. The van der Waals surface area contributed by atoms with Gasteiger partial charge in [0, 0.05) is 22.3 Å². The van der Waals surface area contributed by atoms with E-state index in [0.29, 0.717) is 0 Å². The molecule has 0 rings (SSSR count). The molecule has 0 N–H and O–H groups in total. The van der Waals surface area contributed by atoms with E-state index in [1.54, 1.807) is 0 Å². The zero-order chi connectivity index (χ0) is 11.0. The van der Waals surface area contributed by atoms with Crippen LogP contribution in [0, 0.1) is 16.7 Å². The van der Waals surface area contributed by atoms with Crippen molar-refractivity contribution >= 4 is 10.8 Å². The molecule has 82 valence electrons. The highest BCUT2D eigenvalue weighted by atomic mass is 32.2. The Morgan fingerprint density at radius 3 is 2.36 bits per heavy atom. The first-order valence-electron chi connectivity index (χ1n) is 5.28. The minimum Gasteiger partial charge on any atom is -0.260 e. The fourth-order valence-electron chi connectivity index (χ4n) is 1.14. The van der Waals surface area contributed by atoms with Gasteiger partial charge in [0.05, 0.1) is 11.5 Å². The number of hydrogen-bond donors (Lipinski definition) is 0. The smallest absolute Gasteiger partial charge is 0.0683 e. The van der Waals surface area contributed by atoms with Crippen LogP contribution in [0.5, 0.6) is 0 Å². The van der Waals surface area contributed by atoms with Crippen LogP contribution < -0.4 is 0 Å². The summed E-state index contributed by atoms with van der Waals surface area (Å²) < 4.78 is 11.4. The molecular weight excluding hydrogens is 194 g/mol. The first-order chi connectivity index (χ1) is 6.52. The van der Waals surface area contributed by atoms with E-state index < -0.39 is 10.8 Å². The predicted molar refractivity (Wildman–Crippen MR) is 61.4 cm³/mol. The van der Waals surface area contributed by atoms with Crippen molar-refractivity contribution < 1.29 is 4.21 Å². The molecule has 3 heteroatoms. The molecule has 0 saturated heterocycles. The number of rotatable bonds is 7. The Bertz CT molecular complexity index is 218. The fraction of sp³-hybridized carbons (Fsp3) is 0.909. The molecule has 0 amide bonds. The van der Waals surface area contributed by atoms with Gasteiger partial charge in [-0.1, -0.05) is 13.3 Å². The molecule has 1 atom stereocenters. The Hall–Kier alpha value is -0.360. The summed E-state index contributed by atoms with van der Waals surface area (Å²) in [7, 11) is -0.666. The average Bonchev–Trinajstić information content (AvgIpc) is 2.14. The molecule has 0 aliphatic rings. The van der Waals surface area contributed by atoms with E-state index in [4.69, 9.17) is 5.26 Å². The van der Waals surface area contributed by atoms with Gasteiger partial charge >= 0.3 is 0 Å². The summed E-state index contributed by atoms with van der Waals surface area (Å²) in [5.74, 6) is 1.58. The molecule has 0 heterocycles. The SMILES string of the molecule is CCCCS(=O)CCCC(C)(C)C#N. The lowest BCUT2D eigenvalue weighted by Gasteiger charge is -2.13. The number of nitrogens with zero attached hydrogens (tertiary/aromatic N) is 1. The van der Waals surface area contributed by atoms with Crippen LogP contribution in [0.1, 0.15) is 46.5 Å². The van der Waals surface area contributed by atoms with Crippen molar-refractivity contribution in [1.29, 1.82) is 5.26 Å². The van der Waals surface area contributed by atoms with Crippen molar-refractivity contribution in [3.8, 4) is 6.07 Å². The Morgan fingerprint density at radius 2 is 1.86 bits per heavy atom. The molecule has 0 radical (unpaired) electrons. The van der Waals surface area contributed by atoms with Crippen LogP contribution in [0.4, 0.5) is 0 Å². The number of unbranched alkanes of at least 4 members (excludes halogenated alkanes) is 1. The Kier molecular flexibility index (Phi) is 6.82. The number of nitriles is 1. The third-order valence-electron chi connectivity index (χ3n) is 2.20. The van der Waals surface area contributed by atoms with E-state index in [1.165, 1.54) is 0 Å². The zero-order valence-corrected chi connectivity index (χ0v) is 10.3. The van der Waals surface area contributed by atoms with Crippen molar-refractivity contribution in [2.45, 2.75) is 46.5 Å². The maximum atomic E-state index is 11.4. The molecule has 0 aromatic rings. The molecule has 2 nitrogen and oxygen atoms in total. The van der Waals surface area contributed by atoms with Crippen molar-refractivity contribution in [2.75, 3.05) is 11.5 Å². The Morgan fingerprint density at radius 1 is 1.29 bits per heavy atom. The zero-order valence-electron chi connectivity index (χ0n) is 9.51. The van der Waals surface area contributed by atoms with Crippen LogP contribution in [0.25, 0.3) is 0 Å². The molecule has 0 fully saturated rings. The quantitative estimate of drug-likeness (QED) is 0.655. The lowest BCUT2D eigenvalue weighted by molar-refractivity contribution is 0.447. The van der Waals surface area contributed by atoms with Gasteiger partial charge < -0.3 is 0 Å². The Balaban J connectivity index is 3.55. The standard InChI is InChI=1S/C11H21NOS/c1-4-5-8-14(13)9-6-7-11(2,3)10-12/h4-9H2,1-3H3. The minimum absolute atomic E-state index is 0.255. The topological polar surface area (TPSA) is 40.9 Å². The molecular formula is C11H21NOS. The maximum absolute atomic E-state index is 11.4. The van der Waals surface area contributed by atoms with Gasteiger partial charge in [-0.05, 0) is 33.1 Å². The highest BCUT2D eigenvalue weighted by Gasteiger charge is 2.16. The lowest BCUT2D eigenvalue weighted by atomic mass is 9.90. The van der Waals surface area contributed by atoms with E-state index in [9.17, 15) is 4.21 Å². The number of hydrogen-bond acceptors (Lipinski definition) is 2. The maximum Gasteiger partial charge on any atom is 0.0683 e. The molecule has 0 saturated carbocycles. The van der Waals surface area contributed by atoms with E-state index in [0.717, 1.165) is 37.2 Å². The second-order valence-electron chi connectivity index (χ2n) is 4.30. The van der Waals surface area contributed by atoms with Crippen LogP contribution in [0.15, 0.2) is 0 Å². The average molecular weight is 215 g/mol. The normalized spacial score (nSPS) is 13.6. The second kappa shape index (κ2) is 7.00. The van der Waals surface area contributed by atoms with Crippen LogP contribution in [0.3, 0.4) is 0 Å². The molecule has 14 heavy (non-hydrogen) atoms. The first kappa shape index (κ1) is 13.6. The van der Waals surface area contributed by atoms with Crippen molar-refractivity contribution in [1.82, 2.24) is 0 Å². The van der Waals surface area contributed by atoms with Gasteiger partial charge in [-0.25, -0.2) is 0 Å². The van der Waals surface area contributed by atoms with E-state index in [1.807, 2.05) is 13.8 Å². The summed E-state index contributed by atoms with van der Waals surface area (Å²) in [4.78, 5) is 0. The van der Waals surface area contributed by atoms with Gasteiger partial charge in [0.1, 0.15) is 0 Å². The van der Waals surface area contributed by atoms with Crippen LogP contribution >= 0.6 is 0 Å². The summed E-state index contributed by atoms with van der Waals surface area (Å²) in [6.45, 7) is 5.97. The summed E-state index contributed by atoms with van der Waals surface area (Å²) in [6.07, 6.45) is 3.90. The fourth-order valence-corrected chi connectivity index (χ4v) is 2.42. The molecule has 0 spiro atoms. The molecule has 0 bridgehead atoms. The van der Waals surface area contributed by atoms with Crippen LogP contribution in [-0.4, -0.2) is 15.7 Å². The molecule has 1 unspecified atom stereocenters. The van der Waals surface area contributed by atoms with E-state index >= 15 is 0 Å². The van der Waals surface area contributed by atoms with Gasteiger partial charge in [0.15, 0.2) is 0 Å². The monoisotopic (exact) mass is 215 g/mol. The predicted octanol–water partition coefficient (Wildman–Crippen LogP) is 2.87. The lowest BCUT2D eigenvalue weighted by Crippen LogP contribution is -2.10. The molecule has 0 aliphatic carbocycles. The Labute approximate surface area is 90.2 Å². The second-order valence-corrected chi connectivity index (χ2v) is 6.00. The van der Waals surface area contributed by atoms with Crippen molar-refractivity contribution in [2.24, 2.45) is 5.41 Å². The van der Waals surface area contributed by atoms with E-state index in [-0.39, 0.29) is 5.41 Å². The van der Waals surface area contributed by atoms with Crippen LogP contribution in [0.2, 0.25) is 0 Å².